The predicted molar refractivity (Wildman–Crippen MR) is 132 cm³/mol. The first-order valence-electron chi connectivity index (χ1n) is 11.3. The van der Waals surface area contributed by atoms with Crippen LogP contribution in [0.1, 0.15) is 22.5 Å². The van der Waals surface area contributed by atoms with E-state index in [0.29, 0.717) is 25.3 Å². The summed E-state index contributed by atoms with van der Waals surface area (Å²) < 4.78 is 5.98. The van der Waals surface area contributed by atoms with E-state index in [2.05, 4.69) is 20.3 Å². The van der Waals surface area contributed by atoms with Crippen molar-refractivity contribution in [3.8, 4) is 11.5 Å². The second-order valence-electron chi connectivity index (χ2n) is 8.66. The van der Waals surface area contributed by atoms with Crippen LogP contribution in [-0.2, 0) is 17.8 Å². The summed E-state index contributed by atoms with van der Waals surface area (Å²) in [4.78, 5) is 29.7. The monoisotopic (exact) mass is 458 g/mol. The average Bonchev–Trinajstić information content (AvgIpc) is 2.82. The molecule has 176 valence electrons. The maximum atomic E-state index is 12.7. The zero-order valence-electron chi connectivity index (χ0n) is 20.1. The molecule has 0 radical (unpaired) electrons. The first-order chi connectivity index (χ1) is 16.4. The van der Waals surface area contributed by atoms with E-state index < -0.39 is 0 Å². The fourth-order valence-electron chi connectivity index (χ4n) is 3.73. The Morgan fingerprint density at radius 3 is 2.76 bits per heavy atom. The highest BCUT2D eigenvalue weighted by Gasteiger charge is 2.23. The predicted octanol–water partition coefficient (Wildman–Crippen LogP) is 4.03. The molecule has 1 amide bonds. The quantitative estimate of drug-likeness (QED) is 0.535. The third-order valence-electron chi connectivity index (χ3n) is 5.59. The highest BCUT2D eigenvalue weighted by Crippen LogP contribution is 2.30. The van der Waals surface area contributed by atoms with Crippen molar-refractivity contribution in [1.82, 2.24) is 24.8 Å². The number of carbonyl (C=O) groups is 1. The lowest BCUT2D eigenvalue weighted by molar-refractivity contribution is -0.126. The van der Waals surface area contributed by atoms with E-state index >= 15 is 0 Å². The van der Waals surface area contributed by atoms with E-state index in [0.717, 1.165) is 46.3 Å². The van der Waals surface area contributed by atoms with Gasteiger partial charge in [-0.3, -0.25) is 9.78 Å². The summed E-state index contributed by atoms with van der Waals surface area (Å²) in [5.74, 6) is 2.19. The Morgan fingerprint density at radius 1 is 1.18 bits per heavy atom. The van der Waals surface area contributed by atoms with Gasteiger partial charge in [-0.1, -0.05) is 6.08 Å². The van der Waals surface area contributed by atoms with Crippen LogP contribution in [-0.4, -0.2) is 57.8 Å². The van der Waals surface area contributed by atoms with Gasteiger partial charge in [0.2, 0.25) is 5.91 Å². The number of fused-ring (bicyclic) bond motifs is 1. The lowest BCUT2D eigenvalue weighted by Crippen LogP contribution is -2.36. The SMILES string of the molecule is Cc1ccc(Oc2ccc(Nc3ncnc4c3CN(C(=O)/C=C/CN(C)C)CC4)cc2C)cn1. The lowest BCUT2D eigenvalue weighted by atomic mass is 10.1. The summed E-state index contributed by atoms with van der Waals surface area (Å²) in [5, 5.41) is 3.41. The topological polar surface area (TPSA) is 83.5 Å². The van der Waals surface area contributed by atoms with Crippen LogP contribution in [0.3, 0.4) is 0 Å². The maximum absolute atomic E-state index is 12.7. The van der Waals surface area contributed by atoms with Crippen LogP contribution in [0.5, 0.6) is 11.5 Å². The zero-order valence-corrected chi connectivity index (χ0v) is 20.1. The number of likely N-dealkylation sites (N-methyl/N-ethyl adjacent to an activating group) is 1. The minimum Gasteiger partial charge on any atom is -0.455 e. The van der Waals surface area contributed by atoms with E-state index in [4.69, 9.17) is 4.74 Å². The van der Waals surface area contributed by atoms with Crippen molar-refractivity contribution in [3.05, 3.63) is 77.5 Å². The molecule has 3 aromatic rings. The summed E-state index contributed by atoms with van der Waals surface area (Å²) >= 11 is 0. The average molecular weight is 459 g/mol. The van der Waals surface area contributed by atoms with E-state index in [1.165, 1.54) is 0 Å². The molecule has 1 aliphatic rings. The summed E-state index contributed by atoms with van der Waals surface area (Å²) in [6.07, 6.45) is 7.53. The molecule has 1 aromatic carbocycles. The van der Waals surface area contributed by atoms with E-state index in [1.54, 1.807) is 18.6 Å². The Bertz CT molecular complexity index is 1190. The van der Waals surface area contributed by atoms with Crippen LogP contribution in [0.4, 0.5) is 11.5 Å². The van der Waals surface area contributed by atoms with Gasteiger partial charge in [-0.05, 0) is 63.8 Å². The lowest BCUT2D eigenvalue weighted by Gasteiger charge is -2.28. The number of benzene rings is 1. The molecule has 0 bridgehead atoms. The molecule has 2 aromatic heterocycles. The number of anilines is 2. The maximum Gasteiger partial charge on any atom is 0.246 e. The van der Waals surface area contributed by atoms with E-state index in [1.807, 2.05) is 74.2 Å². The number of pyridine rings is 1. The van der Waals surface area contributed by atoms with Crippen LogP contribution in [0.2, 0.25) is 0 Å². The van der Waals surface area contributed by atoms with Crippen molar-refractivity contribution in [2.75, 3.05) is 32.5 Å². The van der Waals surface area contributed by atoms with Crippen LogP contribution >= 0.6 is 0 Å². The van der Waals surface area contributed by atoms with Crippen molar-refractivity contribution in [3.63, 3.8) is 0 Å². The summed E-state index contributed by atoms with van der Waals surface area (Å²) in [6, 6.07) is 9.72. The molecule has 1 aliphatic heterocycles. The number of hydrogen-bond donors (Lipinski definition) is 1. The van der Waals surface area contributed by atoms with Gasteiger partial charge in [0.25, 0.3) is 0 Å². The first-order valence-corrected chi connectivity index (χ1v) is 11.3. The molecule has 8 nitrogen and oxygen atoms in total. The van der Waals surface area contributed by atoms with Crippen molar-refractivity contribution in [2.24, 2.45) is 0 Å². The highest BCUT2D eigenvalue weighted by molar-refractivity contribution is 5.88. The third kappa shape index (κ3) is 5.77. The molecule has 34 heavy (non-hydrogen) atoms. The Morgan fingerprint density at radius 2 is 2.03 bits per heavy atom. The highest BCUT2D eigenvalue weighted by atomic mass is 16.5. The smallest absolute Gasteiger partial charge is 0.246 e. The molecule has 0 spiro atoms. The molecular formula is C26H30N6O2. The molecule has 0 saturated carbocycles. The van der Waals surface area contributed by atoms with Crippen molar-refractivity contribution < 1.29 is 9.53 Å². The zero-order chi connectivity index (χ0) is 24.1. The van der Waals surface area contributed by atoms with Gasteiger partial charge in [-0.2, -0.15) is 0 Å². The fourth-order valence-corrected chi connectivity index (χ4v) is 3.73. The summed E-state index contributed by atoms with van der Waals surface area (Å²) in [5.41, 5.74) is 4.74. The van der Waals surface area contributed by atoms with E-state index in [-0.39, 0.29) is 5.91 Å². The van der Waals surface area contributed by atoms with Crippen LogP contribution in [0.25, 0.3) is 0 Å². The van der Waals surface area contributed by atoms with Crippen molar-refractivity contribution in [2.45, 2.75) is 26.8 Å². The molecule has 1 N–H and O–H groups in total. The summed E-state index contributed by atoms with van der Waals surface area (Å²) in [7, 11) is 3.95. The van der Waals surface area contributed by atoms with Crippen LogP contribution in [0.15, 0.2) is 55.0 Å². The number of aromatic nitrogens is 3. The van der Waals surface area contributed by atoms with Gasteiger partial charge in [0.1, 0.15) is 23.6 Å². The minimum atomic E-state index is 0.00486. The molecule has 0 aliphatic carbocycles. The van der Waals surface area contributed by atoms with E-state index in [9.17, 15) is 4.79 Å². The number of hydrogen-bond acceptors (Lipinski definition) is 7. The molecule has 0 unspecified atom stereocenters. The Labute approximate surface area is 200 Å². The second kappa shape index (κ2) is 10.4. The van der Waals surface area contributed by atoms with Gasteiger partial charge in [-0.25, -0.2) is 9.97 Å². The second-order valence-corrected chi connectivity index (χ2v) is 8.66. The molecule has 0 fully saturated rings. The minimum absolute atomic E-state index is 0.00486. The molecule has 8 heteroatoms. The van der Waals surface area contributed by atoms with Gasteiger partial charge >= 0.3 is 0 Å². The number of ether oxygens (including phenoxy) is 1. The number of nitrogens with one attached hydrogen (secondary N) is 1. The normalized spacial score (nSPS) is 13.3. The molecule has 4 rings (SSSR count). The Balaban J connectivity index is 1.48. The van der Waals surface area contributed by atoms with Crippen LogP contribution < -0.4 is 10.1 Å². The Kier molecular flexibility index (Phi) is 7.18. The Hall–Kier alpha value is -3.78. The molecule has 0 atom stereocenters. The summed E-state index contributed by atoms with van der Waals surface area (Å²) in [6.45, 7) is 5.79. The van der Waals surface area contributed by atoms with Crippen LogP contribution in [0, 0.1) is 13.8 Å². The molecule has 0 saturated heterocycles. The molecule has 3 heterocycles. The number of nitrogens with zero attached hydrogens (tertiary/aromatic N) is 5. The first kappa shape index (κ1) is 23.4. The van der Waals surface area contributed by atoms with Gasteiger partial charge in [0, 0.05) is 42.5 Å². The standard InChI is InChI=1S/C26H30N6O2/c1-18-14-20(8-10-24(18)34-21-9-7-19(2)27-15-21)30-26-22-16-32(13-11-23(22)28-17-29-26)25(33)6-5-12-31(3)4/h5-10,14-15,17H,11-13,16H2,1-4H3,(H,28,29,30)/b6-5+. The number of aryl methyl sites for hydroxylation is 2. The number of carbonyl (C=O) groups excluding carboxylic acids is 1. The van der Waals surface area contributed by atoms with Crippen molar-refractivity contribution >= 4 is 17.4 Å². The van der Waals surface area contributed by atoms with Gasteiger partial charge < -0.3 is 19.9 Å². The fraction of sp³-hybridized carbons (Fsp3) is 0.308. The third-order valence-corrected chi connectivity index (χ3v) is 5.59. The number of rotatable bonds is 7. The largest absolute Gasteiger partial charge is 0.455 e. The van der Waals surface area contributed by atoms with Gasteiger partial charge in [0.15, 0.2) is 0 Å². The van der Waals surface area contributed by atoms with Gasteiger partial charge in [-0.15, -0.1) is 0 Å². The number of amides is 1. The van der Waals surface area contributed by atoms with Crippen molar-refractivity contribution in [1.29, 1.82) is 0 Å². The van der Waals surface area contributed by atoms with Gasteiger partial charge in [0.05, 0.1) is 18.4 Å². The molecular weight excluding hydrogens is 428 g/mol.